The van der Waals surface area contributed by atoms with Gasteiger partial charge in [-0.05, 0) is 30.3 Å². The van der Waals surface area contributed by atoms with Gasteiger partial charge < -0.3 is 14.4 Å². The predicted molar refractivity (Wildman–Crippen MR) is 86.8 cm³/mol. The molecule has 1 saturated heterocycles. The molecule has 3 rings (SSSR count). The summed E-state index contributed by atoms with van der Waals surface area (Å²) in [7, 11) is -3.81. The number of piperazine rings is 1. The molecule has 8 nitrogen and oxygen atoms in total. The van der Waals surface area contributed by atoms with E-state index in [0.29, 0.717) is 0 Å². The van der Waals surface area contributed by atoms with Crippen molar-refractivity contribution in [3.63, 3.8) is 0 Å². The zero-order valence-corrected chi connectivity index (χ0v) is 14.0. The Kier molecular flexibility index (Phi) is 4.60. The summed E-state index contributed by atoms with van der Waals surface area (Å²) in [5.74, 6) is -1.26. The largest absolute Gasteiger partial charge is 0.478 e. The molecule has 132 valence electrons. The molecular formula is C16H16N2O6S. The number of hydrogen-bond acceptors (Lipinski definition) is 5. The standard InChI is InChI=1S/C16H16N2O6S/c19-15(14-5-2-10-24-14)17-6-8-18(9-7-17)25(22,23)13-4-1-3-12(11-13)16(20)21/h1-5,10-11H,6-9H2,(H,20,21). The second-order valence-electron chi connectivity index (χ2n) is 5.51. The van der Waals surface area contributed by atoms with E-state index in [1.165, 1.54) is 33.7 Å². The highest BCUT2D eigenvalue weighted by Gasteiger charge is 2.31. The average molecular weight is 364 g/mol. The lowest BCUT2D eigenvalue weighted by atomic mass is 10.2. The Labute approximate surface area is 144 Å². The fourth-order valence-corrected chi connectivity index (χ4v) is 4.09. The number of furan rings is 1. The van der Waals surface area contributed by atoms with E-state index in [1.54, 1.807) is 12.1 Å². The first-order valence-electron chi connectivity index (χ1n) is 7.56. The third-order valence-corrected chi connectivity index (χ3v) is 5.87. The summed E-state index contributed by atoms with van der Waals surface area (Å²) >= 11 is 0. The van der Waals surface area contributed by atoms with Crippen LogP contribution in [0.2, 0.25) is 0 Å². The van der Waals surface area contributed by atoms with Crippen molar-refractivity contribution in [3.8, 4) is 0 Å². The molecule has 1 aliphatic heterocycles. The summed E-state index contributed by atoms with van der Waals surface area (Å²) in [6.45, 7) is 0.729. The number of benzene rings is 1. The number of rotatable bonds is 4. The summed E-state index contributed by atoms with van der Waals surface area (Å²) in [5.41, 5.74) is -0.0901. The van der Waals surface area contributed by atoms with E-state index < -0.39 is 16.0 Å². The molecule has 1 N–H and O–H groups in total. The number of hydrogen-bond donors (Lipinski definition) is 1. The van der Waals surface area contributed by atoms with Gasteiger partial charge in [-0.25, -0.2) is 13.2 Å². The molecule has 1 aromatic carbocycles. The summed E-state index contributed by atoms with van der Waals surface area (Å²) < 4.78 is 31.7. The van der Waals surface area contributed by atoms with E-state index in [-0.39, 0.29) is 48.3 Å². The molecule has 1 fully saturated rings. The fraction of sp³-hybridized carbons (Fsp3) is 0.250. The smallest absolute Gasteiger partial charge is 0.335 e. The van der Waals surface area contributed by atoms with Crippen molar-refractivity contribution in [2.75, 3.05) is 26.2 Å². The second kappa shape index (κ2) is 6.69. The van der Waals surface area contributed by atoms with Gasteiger partial charge in [-0.2, -0.15) is 4.31 Å². The Bertz CT molecular complexity index is 883. The third kappa shape index (κ3) is 3.42. The Morgan fingerprint density at radius 3 is 2.36 bits per heavy atom. The molecule has 9 heteroatoms. The topological polar surface area (TPSA) is 108 Å². The van der Waals surface area contributed by atoms with Crippen LogP contribution < -0.4 is 0 Å². The lowest BCUT2D eigenvalue weighted by molar-refractivity contribution is 0.0663. The summed E-state index contributed by atoms with van der Waals surface area (Å²) in [6.07, 6.45) is 1.41. The van der Waals surface area contributed by atoms with Crippen LogP contribution in [0, 0.1) is 0 Å². The first-order valence-corrected chi connectivity index (χ1v) is 9.00. The Balaban J connectivity index is 1.72. The van der Waals surface area contributed by atoms with E-state index in [1.807, 2.05) is 0 Å². The first-order chi connectivity index (χ1) is 11.9. The van der Waals surface area contributed by atoms with Gasteiger partial charge in [-0.3, -0.25) is 4.79 Å². The van der Waals surface area contributed by atoms with Crippen LogP contribution in [0.4, 0.5) is 0 Å². The van der Waals surface area contributed by atoms with Crippen molar-refractivity contribution in [1.82, 2.24) is 9.21 Å². The minimum atomic E-state index is -3.81. The number of carbonyl (C=O) groups excluding carboxylic acids is 1. The summed E-state index contributed by atoms with van der Waals surface area (Å²) in [5, 5.41) is 9.01. The SMILES string of the molecule is O=C(O)c1cccc(S(=O)(=O)N2CCN(C(=O)c3ccco3)CC2)c1. The summed E-state index contributed by atoms with van der Waals surface area (Å²) in [6, 6.07) is 8.40. The Morgan fingerprint density at radius 2 is 1.76 bits per heavy atom. The number of sulfonamides is 1. The lowest BCUT2D eigenvalue weighted by Gasteiger charge is -2.33. The number of carboxylic acids is 1. The fourth-order valence-electron chi connectivity index (χ4n) is 2.63. The van der Waals surface area contributed by atoms with Crippen molar-refractivity contribution in [3.05, 3.63) is 54.0 Å². The summed E-state index contributed by atoms with van der Waals surface area (Å²) in [4.78, 5) is 24.7. The van der Waals surface area contributed by atoms with Gasteiger partial charge in [0.05, 0.1) is 16.7 Å². The van der Waals surface area contributed by atoms with E-state index in [4.69, 9.17) is 9.52 Å². The molecule has 2 aromatic rings. The Morgan fingerprint density at radius 1 is 1.04 bits per heavy atom. The van der Waals surface area contributed by atoms with Gasteiger partial charge in [0.1, 0.15) is 0 Å². The van der Waals surface area contributed by atoms with Gasteiger partial charge in [0.25, 0.3) is 5.91 Å². The van der Waals surface area contributed by atoms with Gasteiger partial charge in [-0.15, -0.1) is 0 Å². The van der Waals surface area contributed by atoms with Crippen LogP contribution in [0.15, 0.2) is 52.0 Å². The van der Waals surface area contributed by atoms with Crippen LogP contribution in [-0.2, 0) is 10.0 Å². The zero-order chi connectivity index (χ0) is 18.0. The molecule has 1 aliphatic rings. The van der Waals surface area contributed by atoms with Crippen molar-refractivity contribution >= 4 is 21.9 Å². The number of carbonyl (C=O) groups is 2. The molecule has 0 aliphatic carbocycles. The van der Waals surface area contributed by atoms with Crippen molar-refractivity contribution in [2.45, 2.75) is 4.90 Å². The molecule has 1 aromatic heterocycles. The molecular weight excluding hydrogens is 348 g/mol. The maximum Gasteiger partial charge on any atom is 0.335 e. The molecule has 0 bridgehead atoms. The van der Waals surface area contributed by atoms with Crippen molar-refractivity contribution in [1.29, 1.82) is 0 Å². The van der Waals surface area contributed by atoms with Gasteiger partial charge in [0, 0.05) is 26.2 Å². The maximum absolute atomic E-state index is 12.7. The highest BCUT2D eigenvalue weighted by atomic mass is 32.2. The monoisotopic (exact) mass is 364 g/mol. The average Bonchev–Trinajstić information content (AvgIpc) is 3.16. The van der Waals surface area contributed by atoms with Crippen molar-refractivity contribution < 1.29 is 27.5 Å². The quantitative estimate of drug-likeness (QED) is 0.871. The molecule has 0 saturated carbocycles. The zero-order valence-electron chi connectivity index (χ0n) is 13.2. The molecule has 2 heterocycles. The van der Waals surface area contributed by atoms with Gasteiger partial charge in [-0.1, -0.05) is 6.07 Å². The van der Waals surface area contributed by atoms with Crippen LogP contribution in [-0.4, -0.2) is 60.8 Å². The third-order valence-electron chi connectivity index (χ3n) is 3.98. The molecule has 0 atom stereocenters. The number of aromatic carboxylic acids is 1. The van der Waals surface area contributed by atoms with E-state index in [2.05, 4.69) is 0 Å². The molecule has 0 unspecified atom stereocenters. The normalized spacial score (nSPS) is 15.9. The molecule has 0 spiro atoms. The Hall–Kier alpha value is -2.65. The molecule has 25 heavy (non-hydrogen) atoms. The molecule has 0 radical (unpaired) electrons. The van der Waals surface area contributed by atoms with E-state index >= 15 is 0 Å². The number of nitrogens with zero attached hydrogens (tertiary/aromatic N) is 2. The lowest BCUT2D eigenvalue weighted by Crippen LogP contribution is -2.50. The number of amides is 1. The van der Waals surface area contributed by atoms with Gasteiger partial charge in [0.15, 0.2) is 5.76 Å². The highest BCUT2D eigenvalue weighted by molar-refractivity contribution is 7.89. The van der Waals surface area contributed by atoms with Crippen LogP contribution in [0.5, 0.6) is 0 Å². The van der Waals surface area contributed by atoms with Crippen LogP contribution in [0.25, 0.3) is 0 Å². The van der Waals surface area contributed by atoms with E-state index in [9.17, 15) is 18.0 Å². The minimum Gasteiger partial charge on any atom is -0.478 e. The number of carboxylic acid groups (broad SMARTS) is 1. The van der Waals surface area contributed by atoms with Crippen LogP contribution in [0.3, 0.4) is 0 Å². The minimum absolute atomic E-state index is 0.0711. The first kappa shape index (κ1) is 17.2. The predicted octanol–water partition coefficient (Wildman–Crippen LogP) is 1.12. The molecule has 1 amide bonds. The van der Waals surface area contributed by atoms with E-state index in [0.717, 1.165) is 6.07 Å². The maximum atomic E-state index is 12.7. The van der Waals surface area contributed by atoms with Gasteiger partial charge in [0.2, 0.25) is 10.0 Å². The van der Waals surface area contributed by atoms with Gasteiger partial charge >= 0.3 is 5.97 Å². The van der Waals surface area contributed by atoms with Crippen LogP contribution >= 0.6 is 0 Å². The highest BCUT2D eigenvalue weighted by Crippen LogP contribution is 2.19. The van der Waals surface area contributed by atoms with Crippen LogP contribution in [0.1, 0.15) is 20.9 Å². The van der Waals surface area contributed by atoms with Crippen molar-refractivity contribution in [2.24, 2.45) is 0 Å². The second-order valence-corrected chi connectivity index (χ2v) is 7.44.